The molecule has 1 atom stereocenters. The molecule has 1 aliphatic rings. The second kappa shape index (κ2) is 12.8. The van der Waals surface area contributed by atoms with Gasteiger partial charge in [-0.1, -0.05) is 13.8 Å². The Balaban J connectivity index is 0.00000271. The summed E-state index contributed by atoms with van der Waals surface area (Å²) in [4.78, 5) is 19.7. The van der Waals surface area contributed by atoms with Crippen molar-refractivity contribution in [3.05, 3.63) is 41.9 Å². The minimum absolute atomic E-state index is 0.0544. The molecule has 1 fully saturated rings. The minimum Gasteiger partial charge on any atom is -0.476 e. The van der Waals surface area contributed by atoms with Gasteiger partial charge in [0.25, 0.3) is 11.9 Å². The van der Waals surface area contributed by atoms with E-state index in [9.17, 15) is 43.5 Å². The number of carbonyl (C=O) groups is 1. The lowest BCUT2D eigenvalue weighted by Gasteiger charge is -2.40. The molecular formula is C27H38F3N7O7S. The van der Waals surface area contributed by atoms with E-state index in [4.69, 9.17) is 4.74 Å². The van der Waals surface area contributed by atoms with E-state index in [1.165, 1.54) is 54.0 Å². The molecule has 4 heterocycles. The van der Waals surface area contributed by atoms with Gasteiger partial charge in [0, 0.05) is 24.5 Å². The lowest BCUT2D eigenvalue weighted by Crippen LogP contribution is -2.59. The minimum atomic E-state index is -4.51. The normalized spacial score (nSPS) is 17.9. The summed E-state index contributed by atoms with van der Waals surface area (Å²) in [6.45, 7) is 9.11. The number of aromatic amines is 1. The van der Waals surface area contributed by atoms with E-state index in [0.717, 1.165) is 25.8 Å². The molecule has 250 valence electrons. The number of H-pyrrole nitrogens is 1. The molecule has 0 bridgehead atoms. The maximum absolute atomic E-state index is 13.4. The molecule has 1 unspecified atom stereocenters. The Kier molecular flexibility index (Phi) is 10.2. The number of ether oxygens (including phenoxy) is 1. The number of alkyl halides is 3. The Morgan fingerprint density at radius 2 is 1.82 bits per heavy atom. The van der Waals surface area contributed by atoms with Gasteiger partial charge in [-0.3, -0.25) is 14.6 Å². The number of anilines is 1. The molecule has 1 aliphatic heterocycles. The van der Waals surface area contributed by atoms with Gasteiger partial charge in [-0.15, -0.1) is 5.10 Å². The van der Waals surface area contributed by atoms with Crippen LogP contribution in [0.2, 0.25) is 0 Å². The molecule has 18 heteroatoms. The third kappa shape index (κ3) is 7.20. The number of aryl methyl sites for hydroxylation is 1. The first-order valence-corrected chi connectivity index (χ1v) is 14.6. The SMILES string of the molecule is CC.Cc1[nH]ncc1SNC(=O)c1ccc(-n2ccc(OCC(C)(C)C(F)(F)F)n2)nc1N1CC(C(O)(O)O)C(O)(O)C1(C)C. The third-order valence-electron chi connectivity index (χ3n) is 7.44. The Morgan fingerprint density at radius 3 is 2.36 bits per heavy atom. The first-order valence-electron chi connectivity index (χ1n) is 13.8. The van der Waals surface area contributed by atoms with E-state index < -0.39 is 53.9 Å². The highest BCUT2D eigenvalue weighted by Gasteiger charge is 2.65. The number of aliphatic hydroxyl groups is 5. The lowest BCUT2D eigenvalue weighted by atomic mass is 9.86. The van der Waals surface area contributed by atoms with Crippen molar-refractivity contribution in [3.8, 4) is 11.7 Å². The monoisotopic (exact) mass is 661 g/mol. The fourth-order valence-corrected chi connectivity index (χ4v) is 4.92. The molecule has 0 aromatic carbocycles. The number of carbonyl (C=O) groups excluding carboxylic acids is 1. The first-order chi connectivity index (χ1) is 20.7. The standard InChI is InChI=1S/C25H32F3N7O7S.C2H6/c1-13-15(10-29-31-13)43-33-20(36)14-6-7-17(35-9-8-18(32-35)42-12-21(2,3)25(26,27)28)30-19(14)34-11-16(24(39,40)41)23(37,38)22(34,4)5;1-2/h6-10,16,37-41H,11-12H2,1-5H3,(H,29,31)(H,33,36);1-2H3. The van der Waals surface area contributed by atoms with Gasteiger partial charge in [-0.05, 0) is 58.7 Å². The quantitative estimate of drug-likeness (QED) is 0.130. The molecule has 1 amide bonds. The van der Waals surface area contributed by atoms with Crippen LogP contribution in [0.15, 0.2) is 35.5 Å². The van der Waals surface area contributed by atoms with Crippen molar-refractivity contribution in [2.75, 3.05) is 18.1 Å². The van der Waals surface area contributed by atoms with Gasteiger partial charge in [0.15, 0.2) is 11.6 Å². The predicted molar refractivity (Wildman–Crippen MR) is 156 cm³/mol. The van der Waals surface area contributed by atoms with E-state index in [-0.39, 0.29) is 23.1 Å². The van der Waals surface area contributed by atoms with Gasteiger partial charge < -0.3 is 35.2 Å². The van der Waals surface area contributed by atoms with E-state index in [1.54, 1.807) is 6.92 Å². The maximum atomic E-state index is 13.4. The van der Waals surface area contributed by atoms with Gasteiger partial charge in [-0.2, -0.15) is 18.3 Å². The van der Waals surface area contributed by atoms with Crippen LogP contribution in [-0.2, 0) is 0 Å². The molecule has 3 aromatic heterocycles. The topological polar surface area (TPSA) is 202 Å². The van der Waals surface area contributed by atoms with Crippen LogP contribution in [0.5, 0.6) is 5.88 Å². The van der Waals surface area contributed by atoms with Crippen molar-refractivity contribution in [1.82, 2.24) is 29.7 Å². The number of aromatic nitrogens is 5. The Labute approximate surface area is 261 Å². The number of nitrogens with one attached hydrogen (secondary N) is 2. The van der Waals surface area contributed by atoms with E-state index in [0.29, 0.717) is 10.6 Å². The molecule has 45 heavy (non-hydrogen) atoms. The summed E-state index contributed by atoms with van der Waals surface area (Å²) in [5, 5.41) is 62.2. The van der Waals surface area contributed by atoms with Gasteiger partial charge >= 0.3 is 6.18 Å². The highest BCUT2D eigenvalue weighted by Crippen LogP contribution is 2.46. The van der Waals surface area contributed by atoms with Crippen LogP contribution in [-0.4, -0.2) is 93.0 Å². The van der Waals surface area contributed by atoms with E-state index in [2.05, 4.69) is 25.0 Å². The number of amides is 1. The number of nitrogens with zero attached hydrogens (tertiary/aromatic N) is 5. The van der Waals surface area contributed by atoms with E-state index >= 15 is 0 Å². The van der Waals surface area contributed by atoms with Crippen LogP contribution in [0, 0.1) is 18.3 Å². The third-order valence-corrected chi connectivity index (χ3v) is 8.36. The molecule has 0 spiro atoms. The number of hydrogen-bond donors (Lipinski definition) is 7. The van der Waals surface area contributed by atoms with Crippen LogP contribution in [0.4, 0.5) is 19.0 Å². The second-order valence-corrected chi connectivity index (χ2v) is 12.2. The molecule has 7 N–H and O–H groups in total. The Hall–Kier alpha value is -3.42. The van der Waals surface area contributed by atoms with Crippen molar-refractivity contribution < 1.29 is 48.2 Å². The molecule has 4 rings (SSSR count). The van der Waals surface area contributed by atoms with Crippen LogP contribution in [0.25, 0.3) is 5.82 Å². The molecular weight excluding hydrogens is 623 g/mol. The zero-order valence-corrected chi connectivity index (χ0v) is 26.5. The van der Waals surface area contributed by atoms with Crippen LogP contribution in [0.1, 0.15) is 57.6 Å². The average Bonchev–Trinajstić information content (AvgIpc) is 3.63. The molecule has 0 aliphatic carbocycles. The van der Waals surface area contributed by atoms with Crippen molar-refractivity contribution in [2.24, 2.45) is 11.3 Å². The van der Waals surface area contributed by atoms with Gasteiger partial charge in [0.2, 0.25) is 5.88 Å². The van der Waals surface area contributed by atoms with Crippen molar-refractivity contribution in [2.45, 2.75) is 76.8 Å². The average molecular weight is 662 g/mol. The fraction of sp³-hybridized carbons (Fsp3) is 0.556. The summed E-state index contributed by atoms with van der Waals surface area (Å²) in [6, 6.07) is 4.07. The van der Waals surface area contributed by atoms with Crippen molar-refractivity contribution >= 4 is 23.7 Å². The summed E-state index contributed by atoms with van der Waals surface area (Å²) in [5.74, 6) is -9.24. The number of hydrogen-bond acceptors (Lipinski definition) is 12. The van der Waals surface area contributed by atoms with Crippen LogP contribution >= 0.6 is 11.9 Å². The highest BCUT2D eigenvalue weighted by molar-refractivity contribution is 7.98. The summed E-state index contributed by atoms with van der Waals surface area (Å²) in [7, 11) is 0. The van der Waals surface area contributed by atoms with Gasteiger partial charge in [-0.25, -0.2) is 9.67 Å². The number of pyridine rings is 1. The second-order valence-electron chi connectivity index (χ2n) is 11.3. The number of rotatable bonds is 9. The summed E-state index contributed by atoms with van der Waals surface area (Å²) >= 11 is 0.953. The molecule has 1 saturated heterocycles. The molecule has 3 aromatic rings. The van der Waals surface area contributed by atoms with Crippen LogP contribution in [0.3, 0.4) is 0 Å². The zero-order valence-electron chi connectivity index (χ0n) is 25.7. The fourth-order valence-electron chi connectivity index (χ4n) is 4.30. The largest absolute Gasteiger partial charge is 0.476 e. The smallest absolute Gasteiger partial charge is 0.397 e. The first kappa shape index (κ1) is 36.1. The Morgan fingerprint density at radius 1 is 1.18 bits per heavy atom. The molecule has 14 nitrogen and oxygen atoms in total. The molecule has 0 radical (unpaired) electrons. The van der Waals surface area contributed by atoms with Crippen molar-refractivity contribution in [3.63, 3.8) is 0 Å². The number of halogens is 3. The summed E-state index contributed by atoms with van der Waals surface area (Å²) in [5.41, 5.74) is -3.29. The highest BCUT2D eigenvalue weighted by atomic mass is 32.2. The summed E-state index contributed by atoms with van der Waals surface area (Å²) < 4.78 is 48.8. The Bertz CT molecular complexity index is 1490. The van der Waals surface area contributed by atoms with E-state index in [1.807, 2.05) is 13.8 Å². The van der Waals surface area contributed by atoms with Crippen LogP contribution < -0.4 is 14.4 Å². The lowest BCUT2D eigenvalue weighted by molar-refractivity contribution is -0.386. The van der Waals surface area contributed by atoms with Crippen molar-refractivity contribution in [1.29, 1.82) is 0 Å². The summed E-state index contributed by atoms with van der Waals surface area (Å²) in [6.07, 6.45) is -1.65. The van der Waals surface area contributed by atoms with Gasteiger partial charge in [0.1, 0.15) is 18.3 Å². The van der Waals surface area contributed by atoms with Gasteiger partial charge in [0.05, 0.1) is 27.6 Å². The maximum Gasteiger partial charge on any atom is 0.397 e. The zero-order chi connectivity index (χ0) is 34.2. The predicted octanol–water partition coefficient (Wildman–Crippen LogP) is 2.26. The molecule has 0 saturated carbocycles.